The van der Waals surface area contributed by atoms with Crippen molar-refractivity contribution in [2.75, 3.05) is 6.61 Å². The van der Waals surface area contributed by atoms with Crippen LogP contribution >= 0.6 is 0 Å². The zero-order chi connectivity index (χ0) is 14.4. The van der Waals surface area contributed by atoms with E-state index in [4.69, 9.17) is 9.84 Å². The van der Waals surface area contributed by atoms with Gasteiger partial charge in [0.2, 0.25) is 0 Å². The quantitative estimate of drug-likeness (QED) is 0.411. The van der Waals surface area contributed by atoms with Gasteiger partial charge in [0, 0.05) is 11.6 Å². The summed E-state index contributed by atoms with van der Waals surface area (Å²) in [6.07, 6.45) is 5.69. The lowest BCUT2D eigenvalue weighted by molar-refractivity contribution is -0.139. The lowest BCUT2D eigenvalue weighted by Gasteiger charge is -2.05. The first kappa shape index (κ1) is 18.8. The van der Waals surface area contributed by atoms with Gasteiger partial charge in [-0.25, -0.2) is 9.59 Å². The Morgan fingerprint density at radius 1 is 1.22 bits per heavy atom. The van der Waals surface area contributed by atoms with Crippen molar-refractivity contribution in [2.45, 2.75) is 46.0 Å². The number of carbonyl (C=O) groups excluding carboxylic acids is 1. The fraction of sp³-hybridized carbons (Fsp3) is 0.571. The van der Waals surface area contributed by atoms with E-state index in [-0.39, 0.29) is 5.97 Å². The maximum Gasteiger partial charge on any atom is 0.333 e. The second-order valence-electron chi connectivity index (χ2n) is 3.74. The highest BCUT2D eigenvalue weighted by molar-refractivity contribution is 5.87. The molecule has 0 aliphatic rings. The fourth-order valence-electron chi connectivity index (χ4n) is 0.903. The summed E-state index contributed by atoms with van der Waals surface area (Å²) < 4.78 is 5.00. The van der Waals surface area contributed by atoms with Gasteiger partial charge < -0.3 is 9.84 Å². The zero-order valence-corrected chi connectivity index (χ0v) is 11.4. The van der Waals surface area contributed by atoms with Crippen molar-refractivity contribution in [3.05, 3.63) is 24.8 Å². The van der Waals surface area contributed by atoms with Crippen molar-refractivity contribution >= 4 is 11.9 Å². The van der Waals surface area contributed by atoms with Crippen molar-refractivity contribution in [3.63, 3.8) is 0 Å². The van der Waals surface area contributed by atoms with Crippen LogP contribution < -0.4 is 0 Å². The van der Waals surface area contributed by atoms with Crippen LogP contribution in [0, 0.1) is 0 Å². The maximum absolute atomic E-state index is 11.2. The van der Waals surface area contributed by atoms with E-state index in [1.54, 1.807) is 0 Å². The number of carboxylic acids is 1. The molecule has 4 heteroatoms. The van der Waals surface area contributed by atoms with Gasteiger partial charge in [-0.15, -0.1) is 0 Å². The molecular formula is C14H24O4. The van der Waals surface area contributed by atoms with E-state index in [1.165, 1.54) is 0 Å². The van der Waals surface area contributed by atoms with Gasteiger partial charge in [0.15, 0.2) is 0 Å². The molecule has 4 nitrogen and oxygen atoms in total. The van der Waals surface area contributed by atoms with Gasteiger partial charge in [-0.3, -0.25) is 0 Å². The third-order valence-electron chi connectivity index (χ3n) is 2.03. The average molecular weight is 256 g/mol. The number of unbranched alkanes of at least 4 members (excludes halogenated alkanes) is 2. The lowest BCUT2D eigenvalue weighted by Crippen LogP contribution is -2.08. The predicted octanol–water partition coefficient (Wildman–Crippen LogP) is 3.33. The van der Waals surface area contributed by atoms with E-state index in [0.29, 0.717) is 12.2 Å². The molecular weight excluding hydrogens is 232 g/mol. The highest BCUT2D eigenvalue weighted by Crippen LogP contribution is 2.06. The molecule has 0 aromatic heterocycles. The van der Waals surface area contributed by atoms with Crippen LogP contribution in [0.4, 0.5) is 0 Å². The zero-order valence-electron chi connectivity index (χ0n) is 11.4. The number of carbonyl (C=O) groups is 2. The van der Waals surface area contributed by atoms with Gasteiger partial charge in [0.05, 0.1) is 6.61 Å². The van der Waals surface area contributed by atoms with Gasteiger partial charge in [-0.2, -0.15) is 0 Å². The Bertz CT molecular complexity index is 269. The van der Waals surface area contributed by atoms with E-state index in [9.17, 15) is 9.59 Å². The average Bonchev–Trinajstić information content (AvgIpc) is 2.36. The van der Waals surface area contributed by atoms with Gasteiger partial charge in [0.1, 0.15) is 0 Å². The third-order valence-corrected chi connectivity index (χ3v) is 2.03. The molecule has 18 heavy (non-hydrogen) atoms. The van der Waals surface area contributed by atoms with Crippen LogP contribution in [-0.2, 0) is 14.3 Å². The minimum Gasteiger partial charge on any atom is -0.478 e. The molecule has 0 heterocycles. The van der Waals surface area contributed by atoms with Crippen LogP contribution in [0.5, 0.6) is 0 Å². The molecule has 0 aromatic carbocycles. The van der Waals surface area contributed by atoms with E-state index in [1.807, 2.05) is 0 Å². The molecule has 0 atom stereocenters. The summed E-state index contributed by atoms with van der Waals surface area (Å²) in [6, 6.07) is 0. The summed E-state index contributed by atoms with van der Waals surface area (Å²) in [6.45, 7) is 11.3. The molecule has 0 bridgehead atoms. The van der Waals surface area contributed by atoms with Crippen molar-refractivity contribution in [3.8, 4) is 0 Å². The molecule has 0 aliphatic heterocycles. The number of ether oxygens (including phenoxy) is 1. The smallest absolute Gasteiger partial charge is 0.333 e. The summed E-state index contributed by atoms with van der Waals surface area (Å²) in [4.78, 5) is 20.5. The van der Waals surface area contributed by atoms with Crippen LogP contribution in [0.15, 0.2) is 24.8 Å². The first-order valence-corrected chi connectivity index (χ1v) is 6.19. The van der Waals surface area contributed by atoms with Crippen LogP contribution in [0.2, 0.25) is 0 Å². The Balaban J connectivity index is 0. The summed E-state index contributed by atoms with van der Waals surface area (Å²) in [5.41, 5.74) is 0.609. The molecule has 1 N–H and O–H groups in total. The van der Waals surface area contributed by atoms with Crippen molar-refractivity contribution in [1.82, 2.24) is 0 Å². The second-order valence-corrected chi connectivity index (χ2v) is 3.74. The maximum atomic E-state index is 11.2. The Hall–Kier alpha value is -1.58. The second kappa shape index (κ2) is 13.5. The molecule has 104 valence electrons. The Morgan fingerprint density at radius 2 is 1.72 bits per heavy atom. The number of carboxylic acid groups (broad SMARTS) is 1. The van der Waals surface area contributed by atoms with E-state index in [0.717, 1.165) is 38.2 Å². The van der Waals surface area contributed by atoms with E-state index < -0.39 is 5.97 Å². The number of hydrogen-bond acceptors (Lipinski definition) is 3. The molecule has 0 rings (SSSR count). The van der Waals surface area contributed by atoms with Gasteiger partial charge in [-0.05, 0) is 19.3 Å². The lowest BCUT2D eigenvalue weighted by atomic mass is 10.1. The van der Waals surface area contributed by atoms with E-state index >= 15 is 0 Å². The summed E-state index contributed by atoms with van der Waals surface area (Å²) in [5, 5.41) is 7.60. The topological polar surface area (TPSA) is 63.6 Å². The Morgan fingerprint density at radius 3 is 2.11 bits per heavy atom. The minimum atomic E-state index is -0.981. The van der Waals surface area contributed by atoms with Gasteiger partial charge in [0.25, 0.3) is 0 Å². The van der Waals surface area contributed by atoms with Gasteiger partial charge >= 0.3 is 11.9 Å². The third kappa shape index (κ3) is 14.4. The van der Waals surface area contributed by atoms with Crippen molar-refractivity contribution in [1.29, 1.82) is 0 Å². The standard InChI is InChI=1S/C11H20O2.C3H4O2/c1-4-6-8-10(3)11(12)13-9-7-5-2;1-2-3(4)5/h3-9H2,1-2H3;2H,1H2,(H,4,5). The van der Waals surface area contributed by atoms with Crippen molar-refractivity contribution in [2.24, 2.45) is 0 Å². The highest BCUT2D eigenvalue weighted by Gasteiger charge is 2.06. The van der Waals surface area contributed by atoms with Crippen LogP contribution in [-0.4, -0.2) is 23.7 Å². The molecule has 0 saturated carbocycles. The number of esters is 1. The summed E-state index contributed by atoms with van der Waals surface area (Å²) in [7, 11) is 0. The van der Waals surface area contributed by atoms with Gasteiger partial charge in [-0.1, -0.05) is 39.8 Å². The molecule has 0 amide bonds. The number of hydrogen-bond donors (Lipinski definition) is 1. The van der Waals surface area contributed by atoms with E-state index in [2.05, 4.69) is 27.0 Å². The molecule has 0 unspecified atom stereocenters. The SMILES string of the molecule is C=C(CCCC)C(=O)OCCCC.C=CC(=O)O. The molecule has 0 fully saturated rings. The number of aliphatic carboxylic acids is 1. The fourth-order valence-corrected chi connectivity index (χ4v) is 0.903. The Kier molecular flexibility index (Phi) is 14.1. The molecule has 0 radical (unpaired) electrons. The van der Waals surface area contributed by atoms with Crippen LogP contribution in [0.3, 0.4) is 0 Å². The summed E-state index contributed by atoms with van der Waals surface area (Å²) in [5.74, 6) is -1.20. The van der Waals surface area contributed by atoms with Crippen molar-refractivity contribution < 1.29 is 19.4 Å². The first-order chi connectivity index (χ1) is 8.49. The largest absolute Gasteiger partial charge is 0.478 e. The molecule has 0 spiro atoms. The monoisotopic (exact) mass is 256 g/mol. The molecule has 0 aliphatic carbocycles. The van der Waals surface area contributed by atoms with Crippen LogP contribution in [0.25, 0.3) is 0 Å². The number of rotatable bonds is 8. The highest BCUT2D eigenvalue weighted by atomic mass is 16.5. The normalized spacial score (nSPS) is 8.78. The Labute approximate surface area is 109 Å². The predicted molar refractivity (Wildman–Crippen MR) is 72.4 cm³/mol. The molecule has 0 aromatic rings. The van der Waals surface area contributed by atoms with Crippen LogP contribution in [0.1, 0.15) is 46.0 Å². The summed E-state index contributed by atoms with van der Waals surface area (Å²) >= 11 is 0. The minimum absolute atomic E-state index is 0.220. The first-order valence-electron chi connectivity index (χ1n) is 6.19. The molecule has 0 saturated heterocycles.